The number of oxime groups is 1. The molecule has 0 bridgehead atoms. The van der Waals surface area contributed by atoms with Gasteiger partial charge in [-0.05, 0) is 92.0 Å². The summed E-state index contributed by atoms with van der Waals surface area (Å²) in [6.45, 7) is 6.88. The molecule has 2 aliphatic carbocycles. The smallest absolute Gasteiger partial charge is 0.412 e. The number of nitrogens with one attached hydrogen (secondary N) is 1. The number of carbonyl (C=O) groups excluding carboxylic acids is 2. The molecule has 2 heterocycles. The van der Waals surface area contributed by atoms with Gasteiger partial charge in [0.1, 0.15) is 24.1 Å². The minimum Gasteiger partial charge on any atom is -0.459 e. The highest BCUT2D eigenvalue weighted by Crippen LogP contribution is 2.62. The van der Waals surface area contributed by atoms with E-state index in [-0.39, 0.29) is 56.7 Å². The number of allylic oxidation sites excluding steroid dienone is 1. The van der Waals surface area contributed by atoms with Crippen LogP contribution in [0.4, 0.5) is 4.79 Å². The maximum absolute atomic E-state index is 14.6. The average Bonchev–Trinajstić information content (AvgIpc) is 3.74. The Morgan fingerprint density at radius 2 is 1.75 bits per heavy atom. The summed E-state index contributed by atoms with van der Waals surface area (Å²) in [4.78, 5) is 35.2. The van der Waals surface area contributed by atoms with Crippen molar-refractivity contribution >= 4 is 17.7 Å². The van der Waals surface area contributed by atoms with Crippen molar-refractivity contribution in [1.82, 2.24) is 10.2 Å². The zero-order chi connectivity index (χ0) is 41.4. The van der Waals surface area contributed by atoms with E-state index in [1.54, 1.807) is 42.3 Å². The van der Waals surface area contributed by atoms with E-state index < -0.39 is 23.8 Å². The third-order valence-electron chi connectivity index (χ3n) is 11.8. The van der Waals surface area contributed by atoms with E-state index in [1.165, 1.54) is 0 Å². The molecule has 2 amide bonds. The van der Waals surface area contributed by atoms with Crippen molar-refractivity contribution in [2.45, 2.75) is 76.2 Å². The quantitative estimate of drug-likeness (QED) is 0.0686. The number of nitrogens with zero attached hydrogens (tertiary/aromatic N) is 2. The lowest BCUT2D eigenvalue weighted by atomic mass is 9.55. The van der Waals surface area contributed by atoms with Crippen LogP contribution in [-0.2, 0) is 16.1 Å². The van der Waals surface area contributed by atoms with E-state index in [2.05, 4.69) is 18.0 Å². The van der Waals surface area contributed by atoms with Gasteiger partial charge in [0.25, 0.3) is 5.91 Å². The van der Waals surface area contributed by atoms with E-state index in [0.29, 0.717) is 60.3 Å². The Balaban J connectivity index is 1.35. The van der Waals surface area contributed by atoms with Gasteiger partial charge < -0.3 is 49.0 Å². The second-order valence-corrected chi connectivity index (χ2v) is 15.4. The lowest BCUT2D eigenvalue weighted by molar-refractivity contribution is -0.252. The lowest BCUT2D eigenvalue weighted by Crippen LogP contribution is -2.69. The first-order valence-electron chi connectivity index (χ1n) is 20.7. The molecular weight excluding hydrogens is 755 g/mol. The van der Waals surface area contributed by atoms with E-state index in [4.69, 9.17) is 33.7 Å². The predicted molar refractivity (Wildman–Crippen MR) is 221 cm³/mol. The third kappa shape index (κ3) is 8.83. The molecule has 6 atom stereocenters. The monoisotopic (exact) mass is 809 g/mol. The van der Waals surface area contributed by atoms with Crippen molar-refractivity contribution in [3.63, 3.8) is 0 Å². The van der Waals surface area contributed by atoms with Crippen molar-refractivity contribution in [2.24, 2.45) is 22.9 Å². The Kier molecular flexibility index (Phi) is 13.5. The zero-order valence-corrected chi connectivity index (χ0v) is 33.8. The molecule has 0 unspecified atom stereocenters. The Labute approximate surface area is 345 Å². The number of amides is 2. The molecule has 13 heteroatoms. The standard InChI is InChI=1S/C46H55N3O10/c1-4-23-56-46-41(49(3)44(52)32-17-19-39-40(25-32)55-29-54-39)27-37(48-57-5-2)35-24-31(15-9-11-21-50)34(16-10-12-22-51)42(43(35)46)36-26-33(18-20-38(36)59-46)58-45(53)47-28-30-13-7-6-8-14-30/h4,6-8,13-14,17-20,24-26,31,34,41-43,50-51H,1,5,9-12,15-16,21-23,27-29H2,2-3H3,(H,47,53)/t31-,34+,41-,42+,43+,46+/m0/s1. The van der Waals surface area contributed by atoms with Gasteiger partial charge >= 0.3 is 6.09 Å². The number of fused-ring (bicyclic) bond motifs is 3. The van der Waals surface area contributed by atoms with Crippen LogP contribution in [0, 0.1) is 17.8 Å². The summed E-state index contributed by atoms with van der Waals surface area (Å²) in [6.07, 6.45) is 8.07. The topological polar surface area (TPSA) is 158 Å². The molecule has 13 nitrogen and oxygen atoms in total. The van der Waals surface area contributed by atoms with E-state index in [0.717, 1.165) is 42.4 Å². The first-order valence-corrected chi connectivity index (χ1v) is 20.7. The SMILES string of the molecule is C=CCO[C@@]12Oc3ccc(OC(=O)NCc4ccccc4)cc3[C@H]3[C@H](CCCCO)[C@@H](CCCCO)C=C(C(=NOCC)C[C@@H]1N(C)C(=O)c1ccc4c(c1)OCO4)[C@H]32. The molecule has 7 rings (SSSR count). The average molecular weight is 810 g/mol. The normalized spacial score (nSPS) is 24.2. The van der Waals surface area contributed by atoms with Gasteiger partial charge in [0.15, 0.2) is 11.5 Å². The van der Waals surface area contributed by atoms with Crippen molar-refractivity contribution in [3.8, 4) is 23.0 Å². The van der Waals surface area contributed by atoms with Crippen LogP contribution in [0.2, 0.25) is 0 Å². The van der Waals surface area contributed by atoms with Gasteiger partial charge in [0.05, 0.1) is 18.2 Å². The Morgan fingerprint density at radius 3 is 2.51 bits per heavy atom. The molecule has 1 saturated carbocycles. The first-order chi connectivity index (χ1) is 28.8. The van der Waals surface area contributed by atoms with Crippen molar-refractivity contribution in [1.29, 1.82) is 0 Å². The molecular formula is C46H55N3O10. The summed E-state index contributed by atoms with van der Waals surface area (Å²) in [5, 5.41) is 27.3. The summed E-state index contributed by atoms with van der Waals surface area (Å²) in [6, 6.07) is 19.5. The number of hydrogen-bond acceptors (Lipinski definition) is 11. The van der Waals surface area contributed by atoms with Crippen LogP contribution in [0.5, 0.6) is 23.0 Å². The molecule has 0 aromatic heterocycles. The number of ether oxygens (including phenoxy) is 5. The minimum absolute atomic E-state index is 0.00691. The van der Waals surface area contributed by atoms with Crippen LogP contribution in [0.25, 0.3) is 0 Å². The molecule has 1 fully saturated rings. The van der Waals surface area contributed by atoms with Crippen molar-refractivity contribution in [3.05, 3.63) is 108 Å². The predicted octanol–water partition coefficient (Wildman–Crippen LogP) is 7.13. The first kappa shape index (κ1) is 41.8. The second-order valence-electron chi connectivity index (χ2n) is 15.4. The van der Waals surface area contributed by atoms with E-state index >= 15 is 0 Å². The minimum atomic E-state index is -1.43. The summed E-state index contributed by atoms with van der Waals surface area (Å²) < 4.78 is 31.2. The Hall–Kier alpha value is -5.37. The lowest BCUT2D eigenvalue weighted by Gasteiger charge is -2.59. The summed E-state index contributed by atoms with van der Waals surface area (Å²) in [7, 11) is 1.75. The van der Waals surface area contributed by atoms with Gasteiger partial charge in [-0.3, -0.25) is 4.79 Å². The number of hydrogen-bond donors (Lipinski definition) is 3. The number of benzene rings is 3. The number of carbonyl (C=O) groups is 2. The molecule has 0 radical (unpaired) electrons. The zero-order valence-electron chi connectivity index (χ0n) is 33.8. The fraction of sp³-hybridized carbons (Fsp3) is 0.457. The van der Waals surface area contributed by atoms with Crippen LogP contribution >= 0.6 is 0 Å². The van der Waals surface area contributed by atoms with Gasteiger partial charge in [-0.1, -0.05) is 60.5 Å². The molecule has 0 spiro atoms. The maximum Gasteiger partial charge on any atom is 0.412 e. The highest BCUT2D eigenvalue weighted by molar-refractivity contribution is 6.03. The largest absolute Gasteiger partial charge is 0.459 e. The molecule has 3 aromatic carbocycles. The summed E-state index contributed by atoms with van der Waals surface area (Å²) in [5.74, 6) is -0.452. The van der Waals surface area contributed by atoms with Gasteiger partial charge in [0.2, 0.25) is 12.6 Å². The second kappa shape index (κ2) is 19.1. The van der Waals surface area contributed by atoms with Crippen molar-refractivity contribution in [2.75, 3.05) is 40.3 Å². The summed E-state index contributed by atoms with van der Waals surface area (Å²) in [5.41, 5.74) is 3.80. The van der Waals surface area contributed by atoms with Crippen LogP contribution in [0.3, 0.4) is 0 Å². The van der Waals surface area contributed by atoms with Gasteiger partial charge in [0, 0.05) is 50.3 Å². The maximum atomic E-state index is 14.6. The highest BCUT2D eigenvalue weighted by atomic mass is 16.7. The molecule has 314 valence electrons. The van der Waals surface area contributed by atoms with Gasteiger partial charge in [-0.2, -0.15) is 0 Å². The van der Waals surface area contributed by atoms with Crippen molar-refractivity contribution < 1.29 is 48.3 Å². The molecule has 59 heavy (non-hydrogen) atoms. The fourth-order valence-electron chi connectivity index (χ4n) is 9.22. The van der Waals surface area contributed by atoms with Crippen LogP contribution in [0.15, 0.2) is 96.2 Å². The number of likely N-dealkylation sites (N-methyl/N-ethyl adjacent to an activating group) is 1. The summed E-state index contributed by atoms with van der Waals surface area (Å²) >= 11 is 0. The van der Waals surface area contributed by atoms with Crippen LogP contribution in [-0.4, -0.2) is 84.9 Å². The van der Waals surface area contributed by atoms with Gasteiger partial charge in [-0.25, -0.2) is 4.79 Å². The molecule has 4 aliphatic rings. The molecule has 3 aromatic rings. The number of aliphatic hydroxyl groups excluding tert-OH is 2. The number of unbranched alkanes of at least 4 members (excludes halogenated alkanes) is 2. The van der Waals surface area contributed by atoms with Gasteiger partial charge in [-0.15, -0.1) is 6.58 Å². The highest BCUT2D eigenvalue weighted by Gasteiger charge is 2.65. The molecule has 2 aliphatic heterocycles. The van der Waals surface area contributed by atoms with E-state index in [9.17, 15) is 19.8 Å². The molecule has 0 saturated heterocycles. The van der Waals surface area contributed by atoms with E-state index in [1.807, 2.05) is 49.4 Å². The number of aliphatic hydroxyl groups is 2. The van der Waals surface area contributed by atoms with Crippen LogP contribution in [0.1, 0.15) is 79.3 Å². The van der Waals surface area contributed by atoms with Crippen LogP contribution < -0.4 is 24.3 Å². The molecule has 3 N–H and O–H groups in total. The number of rotatable bonds is 18. The third-order valence-corrected chi connectivity index (χ3v) is 11.8. The fourth-order valence-corrected chi connectivity index (χ4v) is 9.22. The Morgan fingerprint density at radius 1 is 0.983 bits per heavy atom. The Bertz CT molecular complexity index is 2020.